The van der Waals surface area contributed by atoms with Crippen molar-refractivity contribution in [3.05, 3.63) is 59.9 Å². The van der Waals surface area contributed by atoms with Crippen molar-refractivity contribution in [3.63, 3.8) is 0 Å². The van der Waals surface area contributed by atoms with Crippen molar-refractivity contribution >= 4 is 15.9 Å². The molecule has 0 bridgehead atoms. The highest BCUT2D eigenvalue weighted by Gasteiger charge is 2.19. The summed E-state index contributed by atoms with van der Waals surface area (Å²) in [6.45, 7) is 0.334. The zero-order chi connectivity index (χ0) is 18.3. The van der Waals surface area contributed by atoms with Gasteiger partial charge < -0.3 is 10.1 Å². The summed E-state index contributed by atoms with van der Waals surface area (Å²) >= 11 is 0. The van der Waals surface area contributed by atoms with Crippen LogP contribution in [0.15, 0.2) is 48.8 Å². The number of methoxy groups -OCH3 is 1. The van der Waals surface area contributed by atoms with E-state index in [4.69, 9.17) is 4.74 Å². The predicted octanol–water partition coefficient (Wildman–Crippen LogP) is 1.39. The van der Waals surface area contributed by atoms with Crippen molar-refractivity contribution in [1.29, 1.82) is 0 Å². The largest absolute Gasteiger partial charge is 0.497 e. The highest BCUT2D eigenvalue weighted by molar-refractivity contribution is 7.88. The van der Waals surface area contributed by atoms with Crippen molar-refractivity contribution in [2.24, 2.45) is 0 Å². The normalized spacial score (nSPS) is 12.4. The van der Waals surface area contributed by atoms with Crippen LogP contribution in [0.3, 0.4) is 0 Å². The Morgan fingerprint density at radius 2 is 1.96 bits per heavy atom. The lowest BCUT2D eigenvalue weighted by molar-refractivity contribution is -0.121. The van der Waals surface area contributed by atoms with E-state index >= 15 is 0 Å². The topological polar surface area (TPSA) is 97.4 Å². The average Bonchev–Trinajstić information content (AvgIpc) is 2.59. The fourth-order valence-corrected chi connectivity index (χ4v) is 3.02. The number of carbonyl (C=O) groups excluding carboxylic acids is 1. The van der Waals surface area contributed by atoms with Crippen molar-refractivity contribution in [2.45, 2.75) is 19.0 Å². The lowest BCUT2D eigenvalue weighted by atomic mass is 10.0. The molecule has 0 spiro atoms. The number of hydrogen-bond donors (Lipinski definition) is 2. The molecule has 0 saturated carbocycles. The Bertz CT molecular complexity index is 792. The fourth-order valence-electron chi connectivity index (χ4n) is 2.28. The molecule has 2 N–H and O–H groups in total. The summed E-state index contributed by atoms with van der Waals surface area (Å²) in [5.41, 5.74) is 1.55. The highest BCUT2D eigenvalue weighted by Crippen LogP contribution is 2.21. The van der Waals surface area contributed by atoms with E-state index in [1.807, 2.05) is 6.07 Å². The van der Waals surface area contributed by atoms with Gasteiger partial charge in [-0.1, -0.05) is 18.2 Å². The summed E-state index contributed by atoms with van der Waals surface area (Å²) in [6.07, 6.45) is 4.37. The Morgan fingerprint density at radius 1 is 1.24 bits per heavy atom. The molecule has 1 atom stereocenters. The van der Waals surface area contributed by atoms with Gasteiger partial charge in [-0.25, -0.2) is 13.1 Å². The first kappa shape index (κ1) is 18.9. The Morgan fingerprint density at radius 3 is 2.52 bits per heavy atom. The summed E-state index contributed by atoms with van der Waals surface area (Å²) in [7, 11) is -1.92. The molecule has 8 heteroatoms. The molecule has 1 heterocycles. The van der Waals surface area contributed by atoms with Gasteiger partial charge >= 0.3 is 0 Å². The minimum Gasteiger partial charge on any atom is -0.497 e. The maximum atomic E-state index is 12.2. The van der Waals surface area contributed by atoms with Gasteiger partial charge in [-0.3, -0.25) is 9.78 Å². The first-order valence-electron chi connectivity index (χ1n) is 7.64. The number of amides is 1. The van der Waals surface area contributed by atoms with Gasteiger partial charge in [-0.15, -0.1) is 0 Å². The maximum absolute atomic E-state index is 12.2. The molecule has 1 aromatic heterocycles. The Hall–Kier alpha value is -2.45. The molecule has 0 aliphatic rings. The second-order valence-electron chi connectivity index (χ2n) is 5.56. The minimum atomic E-state index is -3.47. The number of carbonyl (C=O) groups is 1. The molecule has 1 aromatic carbocycles. The molecular formula is C17H21N3O4S. The summed E-state index contributed by atoms with van der Waals surface area (Å²) < 4.78 is 30.8. The second kappa shape index (κ2) is 8.59. The summed E-state index contributed by atoms with van der Waals surface area (Å²) in [6, 6.07) is 9.89. The average molecular weight is 363 g/mol. The van der Waals surface area contributed by atoms with Gasteiger partial charge in [0.1, 0.15) is 5.75 Å². The fraction of sp³-hybridized carbons (Fsp3) is 0.294. The first-order valence-corrected chi connectivity index (χ1v) is 9.53. The standard InChI is InChI=1S/C17H21N3O4S/c1-24-15-7-5-14(6-8-15)16(20-25(2,22)23)10-17(21)19-12-13-4-3-9-18-11-13/h3-9,11,16,20H,10,12H2,1-2H3,(H,19,21). The zero-order valence-electron chi connectivity index (χ0n) is 14.1. The van der Waals surface area contributed by atoms with Crippen LogP contribution < -0.4 is 14.8 Å². The molecule has 25 heavy (non-hydrogen) atoms. The lowest BCUT2D eigenvalue weighted by Crippen LogP contribution is -2.33. The Labute approximate surface area is 147 Å². The van der Waals surface area contributed by atoms with Crippen molar-refractivity contribution in [2.75, 3.05) is 13.4 Å². The molecule has 0 aliphatic heterocycles. The molecule has 2 rings (SSSR count). The third-order valence-corrected chi connectivity index (χ3v) is 4.19. The van der Waals surface area contributed by atoms with Crippen LogP contribution in [-0.4, -0.2) is 32.7 Å². The molecule has 0 aliphatic carbocycles. The molecule has 1 amide bonds. The molecule has 134 valence electrons. The molecular weight excluding hydrogens is 342 g/mol. The van der Waals surface area contributed by atoms with Gasteiger partial charge in [0.25, 0.3) is 0 Å². The van der Waals surface area contributed by atoms with E-state index in [-0.39, 0.29) is 12.3 Å². The predicted molar refractivity (Wildman–Crippen MR) is 94.4 cm³/mol. The number of rotatable bonds is 8. The van der Waals surface area contributed by atoms with Crippen molar-refractivity contribution in [1.82, 2.24) is 15.0 Å². The van der Waals surface area contributed by atoms with E-state index in [1.54, 1.807) is 49.8 Å². The summed E-state index contributed by atoms with van der Waals surface area (Å²) in [4.78, 5) is 16.2. The third-order valence-electron chi connectivity index (χ3n) is 3.48. The third kappa shape index (κ3) is 6.52. The van der Waals surface area contributed by atoms with Crippen LogP contribution in [0.4, 0.5) is 0 Å². The number of sulfonamides is 1. The van der Waals surface area contributed by atoms with Gasteiger partial charge in [0.05, 0.1) is 19.4 Å². The van der Waals surface area contributed by atoms with Crippen molar-refractivity contribution < 1.29 is 17.9 Å². The molecule has 2 aromatic rings. The molecule has 1 unspecified atom stereocenters. The number of hydrogen-bond acceptors (Lipinski definition) is 5. The Kier molecular flexibility index (Phi) is 6.49. The van der Waals surface area contributed by atoms with E-state index in [9.17, 15) is 13.2 Å². The number of benzene rings is 1. The van der Waals surface area contributed by atoms with E-state index in [1.165, 1.54) is 0 Å². The summed E-state index contributed by atoms with van der Waals surface area (Å²) in [5, 5.41) is 2.77. The Balaban J connectivity index is 2.05. The minimum absolute atomic E-state index is 0.0142. The number of aromatic nitrogens is 1. The van der Waals surface area contributed by atoms with Crippen LogP contribution in [-0.2, 0) is 21.4 Å². The number of nitrogens with one attached hydrogen (secondary N) is 2. The van der Waals surface area contributed by atoms with E-state index < -0.39 is 16.1 Å². The van der Waals surface area contributed by atoms with Crippen LogP contribution in [0.25, 0.3) is 0 Å². The second-order valence-corrected chi connectivity index (χ2v) is 7.34. The monoisotopic (exact) mass is 363 g/mol. The molecule has 0 radical (unpaired) electrons. The van der Waals surface area contributed by atoms with Crippen LogP contribution >= 0.6 is 0 Å². The van der Waals surface area contributed by atoms with Gasteiger partial charge in [0.2, 0.25) is 15.9 Å². The highest BCUT2D eigenvalue weighted by atomic mass is 32.2. The quantitative estimate of drug-likeness (QED) is 0.739. The summed E-state index contributed by atoms with van der Waals surface area (Å²) in [5.74, 6) is 0.392. The van der Waals surface area contributed by atoms with Gasteiger partial charge in [-0.05, 0) is 29.3 Å². The number of pyridine rings is 1. The van der Waals surface area contributed by atoms with Crippen molar-refractivity contribution in [3.8, 4) is 5.75 Å². The van der Waals surface area contributed by atoms with Crippen LogP contribution in [0.1, 0.15) is 23.6 Å². The zero-order valence-corrected chi connectivity index (χ0v) is 14.9. The molecule has 7 nitrogen and oxygen atoms in total. The first-order chi connectivity index (χ1) is 11.9. The van der Waals surface area contributed by atoms with Gasteiger partial charge in [0.15, 0.2) is 0 Å². The van der Waals surface area contributed by atoms with E-state index in [0.717, 1.165) is 11.8 Å². The number of ether oxygens (including phenoxy) is 1. The van der Waals surface area contributed by atoms with Gasteiger partial charge in [0, 0.05) is 25.4 Å². The van der Waals surface area contributed by atoms with Crippen LogP contribution in [0.5, 0.6) is 5.75 Å². The molecule has 0 fully saturated rings. The van der Waals surface area contributed by atoms with E-state index in [2.05, 4.69) is 15.0 Å². The van der Waals surface area contributed by atoms with Gasteiger partial charge in [-0.2, -0.15) is 0 Å². The maximum Gasteiger partial charge on any atom is 0.222 e. The molecule has 0 saturated heterocycles. The smallest absolute Gasteiger partial charge is 0.222 e. The lowest BCUT2D eigenvalue weighted by Gasteiger charge is -2.18. The SMILES string of the molecule is COc1ccc(C(CC(=O)NCc2cccnc2)NS(C)(=O)=O)cc1. The van der Waals surface area contributed by atoms with E-state index in [0.29, 0.717) is 17.9 Å². The van der Waals surface area contributed by atoms with Crippen LogP contribution in [0, 0.1) is 0 Å². The number of nitrogens with zero attached hydrogens (tertiary/aromatic N) is 1. The van der Waals surface area contributed by atoms with Crippen LogP contribution in [0.2, 0.25) is 0 Å².